The standard InChI is InChI=1S/C23H28N2O3/c1-17(2)16-24-22(26)14-10-18-8-12-20(13-9-18)25-23(27)15-11-19-6-4-5-7-21(19)28-3/h4-9,11-13,15,17H,10,14,16H2,1-3H3,(H,24,26)(H,25,27)/b15-11+. The third kappa shape index (κ3) is 7.27. The van der Waals surface area contributed by atoms with Gasteiger partial charge in [0.15, 0.2) is 0 Å². The van der Waals surface area contributed by atoms with E-state index in [0.29, 0.717) is 36.7 Å². The highest BCUT2D eigenvalue weighted by atomic mass is 16.5. The third-order valence-electron chi connectivity index (χ3n) is 4.12. The second kappa shape index (κ2) is 10.9. The van der Waals surface area contributed by atoms with Crippen molar-refractivity contribution >= 4 is 23.6 Å². The molecule has 2 amide bonds. The van der Waals surface area contributed by atoms with Gasteiger partial charge in [0.2, 0.25) is 11.8 Å². The van der Waals surface area contributed by atoms with E-state index in [0.717, 1.165) is 11.1 Å². The van der Waals surface area contributed by atoms with Crippen molar-refractivity contribution in [3.8, 4) is 5.75 Å². The van der Waals surface area contributed by atoms with Crippen LogP contribution in [0.1, 0.15) is 31.4 Å². The molecule has 2 N–H and O–H groups in total. The molecule has 28 heavy (non-hydrogen) atoms. The summed E-state index contributed by atoms with van der Waals surface area (Å²) >= 11 is 0. The highest BCUT2D eigenvalue weighted by Gasteiger charge is 2.04. The molecule has 2 aromatic rings. The van der Waals surface area contributed by atoms with Gasteiger partial charge in [0, 0.05) is 30.3 Å². The minimum atomic E-state index is -0.216. The molecular weight excluding hydrogens is 352 g/mol. The molecule has 0 aliphatic rings. The van der Waals surface area contributed by atoms with Crippen molar-refractivity contribution in [2.75, 3.05) is 19.0 Å². The zero-order chi connectivity index (χ0) is 20.4. The van der Waals surface area contributed by atoms with Gasteiger partial charge in [-0.1, -0.05) is 44.2 Å². The largest absolute Gasteiger partial charge is 0.496 e. The first kappa shape index (κ1) is 21.2. The fourth-order valence-electron chi connectivity index (χ4n) is 2.57. The lowest BCUT2D eigenvalue weighted by Gasteiger charge is -2.08. The average Bonchev–Trinajstić information content (AvgIpc) is 2.70. The number of para-hydroxylation sites is 1. The molecule has 2 aromatic carbocycles. The lowest BCUT2D eigenvalue weighted by Crippen LogP contribution is -2.27. The van der Waals surface area contributed by atoms with Crippen LogP contribution in [0.5, 0.6) is 5.75 Å². The Morgan fingerprint density at radius 3 is 2.46 bits per heavy atom. The second-order valence-corrected chi connectivity index (χ2v) is 6.96. The van der Waals surface area contributed by atoms with E-state index in [4.69, 9.17) is 4.74 Å². The van der Waals surface area contributed by atoms with Crippen molar-refractivity contribution in [3.63, 3.8) is 0 Å². The Labute approximate surface area is 166 Å². The number of aryl methyl sites for hydroxylation is 1. The molecule has 0 heterocycles. The van der Waals surface area contributed by atoms with Gasteiger partial charge in [-0.05, 0) is 42.2 Å². The lowest BCUT2D eigenvalue weighted by atomic mass is 10.1. The molecule has 148 valence electrons. The van der Waals surface area contributed by atoms with Crippen LogP contribution in [0.3, 0.4) is 0 Å². The van der Waals surface area contributed by atoms with Crippen molar-refractivity contribution in [2.24, 2.45) is 5.92 Å². The van der Waals surface area contributed by atoms with E-state index in [2.05, 4.69) is 24.5 Å². The molecular formula is C23H28N2O3. The Kier molecular flexibility index (Phi) is 8.28. The van der Waals surface area contributed by atoms with E-state index in [1.165, 1.54) is 6.08 Å². The fourth-order valence-corrected chi connectivity index (χ4v) is 2.57. The fraction of sp³-hybridized carbons (Fsp3) is 0.304. The zero-order valence-corrected chi connectivity index (χ0v) is 16.7. The maximum Gasteiger partial charge on any atom is 0.248 e. The number of hydrogen-bond acceptors (Lipinski definition) is 3. The molecule has 5 nitrogen and oxygen atoms in total. The van der Waals surface area contributed by atoms with Gasteiger partial charge in [-0.15, -0.1) is 0 Å². The molecule has 0 aromatic heterocycles. The Bertz CT molecular complexity index is 811. The minimum absolute atomic E-state index is 0.0626. The molecule has 2 rings (SSSR count). The summed E-state index contributed by atoms with van der Waals surface area (Å²) in [6.07, 6.45) is 4.33. The monoisotopic (exact) mass is 380 g/mol. The average molecular weight is 380 g/mol. The Morgan fingerprint density at radius 2 is 1.79 bits per heavy atom. The van der Waals surface area contributed by atoms with Crippen LogP contribution in [-0.4, -0.2) is 25.5 Å². The first-order valence-electron chi connectivity index (χ1n) is 9.45. The second-order valence-electron chi connectivity index (χ2n) is 6.96. The quantitative estimate of drug-likeness (QED) is 0.645. The van der Waals surface area contributed by atoms with E-state index in [-0.39, 0.29) is 11.8 Å². The van der Waals surface area contributed by atoms with Crippen molar-refractivity contribution in [1.82, 2.24) is 5.32 Å². The molecule has 0 unspecified atom stereocenters. The van der Waals surface area contributed by atoms with Gasteiger partial charge in [-0.25, -0.2) is 0 Å². The van der Waals surface area contributed by atoms with Gasteiger partial charge in [-0.3, -0.25) is 9.59 Å². The van der Waals surface area contributed by atoms with E-state index in [9.17, 15) is 9.59 Å². The number of rotatable bonds is 9. The first-order chi connectivity index (χ1) is 13.5. The molecule has 0 spiro atoms. The van der Waals surface area contributed by atoms with Crippen LogP contribution in [0.2, 0.25) is 0 Å². The molecule has 0 aliphatic heterocycles. The highest BCUT2D eigenvalue weighted by Crippen LogP contribution is 2.18. The van der Waals surface area contributed by atoms with Gasteiger partial charge in [0.25, 0.3) is 0 Å². The van der Waals surface area contributed by atoms with Crippen LogP contribution in [-0.2, 0) is 16.0 Å². The van der Waals surface area contributed by atoms with Gasteiger partial charge < -0.3 is 15.4 Å². The zero-order valence-electron chi connectivity index (χ0n) is 16.7. The number of nitrogens with one attached hydrogen (secondary N) is 2. The van der Waals surface area contributed by atoms with E-state index >= 15 is 0 Å². The molecule has 0 radical (unpaired) electrons. The predicted octanol–water partition coefficient (Wildman–Crippen LogP) is 4.05. The minimum Gasteiger partial charge on any atom is -0.496 e. The summed E-state index contributed by atoms with van der Waals surface area (Å²) < 4.78 is 5.26. The van der Waals surface area contributed by atoms with Gasteiger partial charge in [0.05, 0.1) is 7.11 Å². The number of methoxy groups -OCH3 is 1. The molecule has 0 fully saturated rings. The highest BCUT2D eigenvalue weighted by molar-refractivity contribution is 6.02. The number of carbonyl (C=O) groups is 2. The predicted molar refractivity (Wildman–Crippen MR) is 113 cm³/mol. The number of ether oxygens (including phenoxy) is 1. The van der Waals surface area contributed by atoms with Crippen LogP contribution in [0.15, 0.2) is 54.6 Å². The molecule has 0 atom stereocenters. The smallest absolute Gasteiger partial charge is 0.248 e. The molecule has 0 bridgehead atoms. The summed E-state index contributed by atoms with van der Waals surface area (Å²) in [5.74, 6) is 1.01. The molecule has 5 heteroatoms. The van der Waals surface area contributed by atoms with E-state index in [1.807, 2.05) is 48.5 Å². The van der Waals surface area contributed by atoms with Crippen molar-refractivity contribution in [1.29, 1.82) is 0 Å². The number of anilines is 1. The topological polar surface area (TPSA) is 67.4 Å². The van der Waals surface area contributed by atoms with E-state index < -0.39 is 0 Å². The number of hydrogen-bond donors (Lipinski definition) is 2. The normalized spacial score (nSPS) is 10.9. The number of benzene rings is 2. The van der Waals surface area contributed by atoms with Crippen LogP contribution in [0, 0.1) is 5.92 Å². The van der Waals surface area contributed by atoms with Crippen LogP contribution in [0.25, 0.3) is 6.08 Å². The molecule has 0 saturated heterocycles. The summed E-state index contributed by atoms with van der Waals surface area (Å²) in [7, 11) is 1.60. The Hall–Kier alpha value is -3.08. The van der Waals surface area contributed by atoms with Gasteiger partial charge in [-0.2, -0.15) is 0 Å². The number of carbonyl (C=O) groups excluding carboxylic acids is 2. The van der Waals surface area contributed by atoms with Gasteiger partial charge >= 0.3 is 0 Å². The SMILES string of the molecule is COc1ccccc1/C=C/C(=O)Nc1ccc(CCC(=O)NCC(C)C)cc1. The Balaban J connectivity index is 1.84. The maximum atomic E-state index is 12.1. The van der Waals surface area contributed by atoms with E-state index in [1.54, 1.807) is 13.2 Å². The summed E-state index contributed by atoms with van der Waals surface area (Å²) in [4.78, 5) is 23.9. The third-order valence-corrected chi connectivity index (χ3v) is 4.12. The van der Waals surface area contributed by atoms with Crippen molar-refractivity contribution in [3.05, 3.63) is 65.7 Å². The van der Waals surface area contributed by atoms with Crippen LogP contribution >= 0.6 is 0 Å². The summed E-state index contributed by atoms with van der Waals surface area (Å²) in [5, 5.41) is 5.74. The first-order valence-corrected chi connectivity index (χ1v) is 9.45. The van der Waals surface area contributed by atoms with Crippen LogP contribution in [0.4, 0.5) is 5.69 Å². The lowest BCUT2D eigenvalue weighted by molar-refractivity contribution is -0.121. The van der Waals surface area contributed by atoms with Gasteiger partial charge in [0.1, 0.15) is 5.75 Å². The number of amides is 2. The Morgan fingerprint density at radius 1 is 1.07 bits per heavy atom. The van der Waals surface area contributed by atoms with Crippen molar-refractivity contribution < 1.29 is 14.3 Å². The summed E-state index contributed by atoms with van der Waals surface area (Å²) in [6.45, 7) is 4.84. The molecule has 0 aliphatic carbocycles. The van der Waals surface area contributed by atoms with Crippen molar-refractivity contribution in [2.45, 2.75) is 26.7 Å². The maximum absolute atomic E-state index is 12.1. The molecule has 0 saturated carbocycles. The summed E-state index contributed by atoms with van der Waals surface area (Å²) in [5.41, 5.74) is 2.61. The van der Waals surface area contributed by atoms with Crippen LogP contribution < -0.4 is 15.4 Å². The summed E-state index contributed by atoms with van der Waals surface area (Å²) in [6, 6.07) is 15.0.